The molecule has 0 aromatic heterocycles. The predicted octanol–water partition coefficient (Wildman–Crippen LogP) is 0.516. The van der Waals surface area contributed by atoms with Gasteiger partial charge in [-0.3, -0.25) is 4.79 Å². The summed E-state index contributed by atoms with van der Waals surface area (Å²) in [5, 5.41) is 8.91. The highest BCUT2D eigenvalue weighted by molar-refractivity contribution is 5.93. The number of aliphatic hydroxyl groups is 1. The van der Waals surface area contributed by atoms with Gasteiger partial charge in [-0.2, -0.15) is 0 Å². The Hall–Kier alpha value is -1.10. The molecule has 0 aliphatic carbocycles. The third-order valence-corrected chi connectivity index (χ3v) is 2.05. The van der Waals surface area contributed by atoms with E-state index < -0.39 is 12.2 Å². The van der Waals surface area contributed by atoms with Gasteiger partial charge in [0.25, 0.3) is 0 Å². The van der Waals surface area contributed by atoms with Crippen LogP contribution in [0.25, 0.3) is 0 Å². The van der Waals surface area contributed by atoms with Crippen molar-refractivity contribution in [3.63, 3.8) is 0 Å². The molecule has 0 spiro atoms. The molecule has 0 aromatic carbocycles. The summed E-state index contributed by atoms with van der Waals surface area (Å²) in [4.78, 5) is 23.4. The van der Waals surface area contributed by atoms with Crippen LogP contribution >= 0.6 is 0 Å². The minimum absolute atomic E-state index is 0.153. The van der Waals surface area contributed by atoms with Crippen LogP contribution < -0.4 is 0 Å². The molecule has 0 saturated carbocycles. The van der Waals surface area contributed by atoms with Crippen LogP contribution in [0.3, 0.4) is 0 Å². The third-order valence-electron chi connectivity index (χ3n) is 2.05. The Morgan fingerprint density at radius 3 is 2.93 bits per heavy atom. The molecule has 1 N–H and O–H groups in total. The van der Waals surface area contributed by atoms with Crippen LogP contribution in [0, 0.1) is 0 Å². The molecular weight excluding hydrogens is 186 g/mol. The summed E-state index contributed by atoms with van der Waals surface area (Å²) in [6.45, 7) is 2.22. The van der Waals surface area contributed by atoms with Crippen molar-refractivity contribution in [2.75, 3.05) is 13.2 Å². The summed E-state index contributed by atoms with van der Waals surface area (Å²) in [6, 6.07) is 0. The number of carbonyl (C=O) groups excluding carboxylic acids is 2. The van der Waals surface area contributed by atoms with Crippen molar-refractivity contribution in [3.8, 4) is 0 Å². The van der Waals surface area contributed by atoms with Crippen LogP contribution in [-0.4, -0.2) is 41.3 Å². The highest BCUT2D eigenvalue weighted by Gasteiger charge is 2.27. The second kappa shape index (κ2) is 4.95. The first-order valence-corrected chi connectivity index (χ1v) is 4.76. The van der Waals surface area contributed by atoms with Gasteiger partial charge in [-0.1, -0.05) is 0 Å². The lowest BCUT2D eigenvalue weighted by atomic mass is 10.3. The van der Waals surface area contributed by atoms with Crippen molar-refractivity contribution in [2.45, 2.75) is 32.3 Å². The van der Waals surface area contributed by atoms with Gasteiger partial charge in [0.15, 0.2) is 0 Å². The Balaban J connectivity index is 2.24. The molecule has 1 rings (SSSR count). The molecule has 1 aliphatic rings. The fourth-order valence-corrected chi connectivity index (χ4v) is 1.24. The van der Waals surface area contributed by atoms with Gasteiger partial charge in [0.05, 0.1) is 12.7 Å². The molecule has 1 saturated heterocycles. The molecule has 1 atom stereocenters. The van der Waals surface area contributed by atoms with E-state index in [-0.39, 0.29) is 12.5 Å². The summed E-state index contributed by atoms with van der Waals surface area (Å²) in [5.74, 6) is -0.174. The van der Waals surface area contributed by atoms with Gasteiger partial charge in [0.1, 0.15) is 0 Å². The number of carbonyl (C=O) groups is 2. The van der Waals surface area contributed by atoms with Crippen molar-refractivity contribution in [3.05, 3.63) is 0 Å². The minimum atomic E-state index is -0.590. The van der Waals surface area contributed by atoms with Crippen molar-refractivity contribution >= 4 is 12.0 Å². The monoisotopic (exact) mass is 201 g/mol. The summed E-state index contributed by atoms with van der Waals surface area (Å²) in [6.07, 6.45) is 0.453. The van der Waals surface area contributed by atoms with E-state index in [1.165, 1.54) is 0 Å². The first-order valence-electron chi connectivity index (χ1n) is 4.76. The van der Waals surface area contributed by atoms with Gasteiger partial charge in [0.2, 0.25) is 5.91 Å². The first-order chi connectivity index (χ1) is 6.61. The summed E-state index contributed by atoms with van der Waals surface area (Å²) >= 11 is 0. The highest BCUT2D eigenvalue weighted by atomic mass is 16.6. The Bertz CT molecular complexity index is 227. The van der Waals surface area contributed by atoms with Crippen LogP contribution in [0.2, 0.25) is 0 Å². The topological polar surface area (TPSA) is 66.8 Å². The fourth-order valence-electron chi connectivity index (χ4n) is 1.24. The highest BCUT2D eigenvalue weighted by Crippen LogP contribution is 2.10. The van der Waals surface area contributed by atoms with E-state index in [0.29, 0.717) is 25.8 Å². The number of rotatable bonds is 3. The minimum Gasteiger partial charge on any atom is -0.449 e. The molecule has 14 heavy (non-hydrogen) atoms. The van der Waals surface area contributed by atoms with Gasteiger partial charge in [0, 0.05) is 19.4 Å². The Labute approximate surface area is 82.6 Å². The lowest BCUT2D eigenvalue weighted by Crippen LogP contribution is -2.32. The maximum atomic E-state index is 11.2. The smallest absolute Gasteiger partial charge is 0.416 e. The fraction of sp³-hybridized carbons (Fsp3) is 0.778. The number of hydrogen-bond acceptors (Lipinski definition) is 4. The molecule has 0 bridgehead atoms. The zero-order valence-electron chi connectivity index (χ0n) is 8.23. The molecule has 1 aliphatic heterocycles. The molecule has 0 aromatic rings. The van der Waals surface area contributed by atoms with Crippen LogP contribution in [0.4, 0.5) is 4.79 Å². The van der Waals surface area contributed by atoms with E-state index in [1.807, 2.05) is 0 Å². The molecular formula is C9H15NO4. The van der Waals surface area contributed by atoms with E-state index >= 15 is 0 Å². The number of amides is 2. The largest absolute Gasteiger partial charge is 0.449 e. The van der Waals surface area contributed by atoms with Crippen LogP contribution in [0.1, 0.15) is 26.2 Å². The average molecular weight is 201 g/mol. The number of likely N-dealkylation sites (tertiary alicyclic amines) is 1. The molecule has 1 unspecified atom stereocenters. The van der Waals surface area contributed by atoms with E-state index in [1.54, 1.807) is 6.92 Å². The SMILES string of the molecule is CC(O)CCOC(=O)N1CCCC1=O. The number of hydrogen-bond donors (Lipinski definition) is 1. The van der Waals surface area contributed by atoms with Gasteiger partial charge < -0.3 is 9.84 Å². The van der Waals surface area contributed by atoms with Crippen molar-refractivity contribution in [1.82, 2.24) is 4.90 Å². The lowest BCUT2D eigenvalue weighted by molar-refractivity contribution is -0.126. The summed E-state index contributed by atoms with van der Waals surface area (Å²) in [5.41, 5.74) is 0. The van der Waals surface area contributed by atoms with E-state index in [4.69, 9.17) is 9.84 Å². The summed E-state index contributed by atoms with van der Waals surface area (Å²) in [7, 11) is 0. The zero-order valence-corrected chi connectivity index (χ0v) is 8.23. The Morgan fingerprint density at radius 1 is 1.71 bits per heavy atom. The van der Waals surface area contributed by atoms with Crippen molar-refractivity contribution in [2.24, 2.45) is 0 Å². The number of imide groups is 1. The maximum Gasteiger partial charge on any atom is 0.416 e. The maximum absolute atomic E-state index is 11.2. The van der Waals surface area contributed by atoms with Gasteiger partial charge in [-0.15, -0.1) is 0 Å². The van der Waals surface area contributed by atoms with E-state index in [0.717, 1.165) is 4.90 Å². The van der Waals surface area contributed by atoms with Gasteiger partial charge in [-0.05, 0) is 13.3 Å². The summed E-state index contributed by atoms with van der Waals surface area (Å²) < 4.78 is 4.81. The van der Waals surface area contributed by atoms with E-state index in [9.17, 15) is 9.59 Å². The van der Waals surface area contributed by atoms with Crippen LogP contribution in [0.15, 0.2) is 0 Å². The quantitative estimate of drug-likeness (QED) is 0.722. The predicted molar refractivity (Wildman–Crippen MR) is 48.6 cm³/mol. The standard InChI is InChI=1S/C9H15NO4/c1-7(11)4-6-14-9(13)10-5-2-3-8(10)12/h7,11H,2-6H2,1H3. The zero-order chi connectivity index (χ0) is 10.6. The molecule has 80 valence electrons. The van der Waals surface area contributed by atoms with Crippen LogP contribution in [-0.2, 0) is 9.53 Å². The van der Waals surface area contributed by atoms with Gasteiger partial charge in [-0.25, -0.2) is 9.69 Å². The van der Waals surface area contributed by atoms with Crippen molar-refractivity contribution < 1.29 is 19.4 Å². The molecule has 2 amide bonds. The lowest BCUT2D eigenvalue weighted by Gasteiger charge is -2.13. The average Bonchev–Trinajstić information content (AvgIpc) is 2.50. The third kappa shape index (κ3) is 2.99. The number of nitrogens with zero attached hydrogens (tertiary/aromatic N) is 1. The first kappa shape index (κ1) is 11.0. The number of aliphatic hydroxyl groups excluding tert-OH is 1. The van der Waals surface area contributed by atoms with E-state index in [2.05, 4.69) is 0 Å². The second-order valence-corrected chi connectivity index (χ2v) is 3.40. The van der Waals surface area contributed by atoms with Gasteiger partial charge >= 0.3 is 6.09 Å². The van der Waals surface area contributed by atoms with Crippen LogP contribution in [0.5, 0.6) is 0 Å². The Kier molecular flexibility index (Phi) is 3.88. The molecule has 0 radical (unpaired) electrons. The second-order valence-electron chi connectivity index (χ2n) is 3.40. The van der Waals surface area contributed by atoms with Crippen molar-refractivity contribution in [1.29, 1.82) is 0 Å². The molecule has 1 heterocycles. The molecule has 5 heteroatoms. The number of ether oxygens (including phenoxy) is 1. The molecule has 5 nitrogen and oxygen atoms in total. The normalized spacial score (nSPS) is 18.4. The Morgan fingerprint density at radius 2 is 2.43 bits per heavy atom. The molecule has 1 fully saturated rings.